The maximum Gasteiger partial charge on any atom is 0.433 e. The van der Waals surface area contributed by atoms with Crippen LogP contribution in [0.15, 0.2) is 28.9 Å². The van der Waals surface area contributed by atoms with Gasteiger partial charge < -0.3 is 0 Å². The van der Waals surface area contributed by atoms with E-state index in [0.717, 1.165) is 23.6 Å². The van der Waals surface area contributed by atoms with Crippen LogP contribution in [0, 0.1) is 11.3 Å². The van der Waals surface area contributed by atoms with Gasteiger partial charge in [0.1, 0.15) is 16.6 Å². The van der Waals surface area contributed by atoms with Crippen molar-refractivity contribution in [1.29, 1.82) is 5.26 Å². The fourth-order valence-electron chi connectivity index (χ4n) is 1.66. The number of nitriles is 1. The summed E-state index contributed by atoms with van der Waals surface area (Å²) in [5, 5.41) is 8.28. The first kappa shape index (κ1) is 17.4. The molecule has 2 atom stereocenters. The molecule has 2 unspecified atom stereocenters. The summed E-state index contributed by atoms with van der Waals surface area (Å²) in [6.07, 6.45) is -0.755. The van der Waals surface area contributed by atoms with Crippen molar-refractivity contribution in [3.63, 3.8) is 0 Å². The molecular formula is C13H11F3N4OS2. The molecule has 0 aliphatic rings. The minimum Gasteiger partial charge on any atom is -0.251 e. The highest BCUT2D eigenvalue weighted by atomic mass is 32.2. The molecule has 0 spiro atoms. The number of aromatic nitrogens is 2. The van der Waals surface area contributed by atoms with Gasteiger partial charge >= 0.3 is 6.18 Å². The van der Waals surface area contributed by atoms with Crippen molar-refractivity contribution in [1.82, 2.24) is 9.97 Å². The first-order valence-electron chi connectivity index (χ1n) is 6.23. The molecule has 2 aromatic rings. The van der Waals surface area contributed by atoms with Gasteiger partial charge in [0.25, 0.3) is 0 Å². The normalized spacial score (nSPS) is 15.5. The molecule has 122 valence electrons. The Balaban J connectivity index is 2.32. The van der Waals surface area contributed by atoms with Crippen LogP contribution in [-0.2, 0) is 15.9 Å². The van der Waals surface area contributed by atoms with Gasteiger partial charge in [-0.15, -0.1) is 0 Å². The van der Waals surface area contributed by atoms with Crippen molar-refractivity contribution in [2.45, 2.75) is 18.3 Å². The lowest BCUT2D eigenvalue weighted by atomic mass is 10.2. The van der Waals surface area contributed by atoms with E-state index >= 15 is 0 Å². The summed E-state index contributed by atoms with van der Waals surface area (Å²) in [5.41, 5.74) is -0.627. The molecule has 2 aromatic heterocycles. The number of alkyl halides is 3. The molecule has 2 rings (SSSR count). The number of thiazole rings is 1. The second-order valence-corrected chi connectivity index (χ2v) is 8.31. The van der Waals surface area contributed by atoms with E-state index in [1.165, 1.54) is 18.5 Å². The van der Waals surface area contributed by atoms with Crippen LogP contribution in [0.1, 0.15) is 28.3 Å². The van der Waals surface area contributed by atoms with Crippen molar-refractivity contribution in [2.75, 3.05) is 6.26 Å². The lowest BCUT2D eigenvalue weighted by Gasteiger charge is -2.14. The van der Waals surface area contributed by atoms with Crippen molar-refractivity contribution in [2.24, 2.45) is 4.36 Å². The van der Waals surface area contributed by atoms with E-state index < -0.39 is 26.8 Å². The summed E-state index contributed by atoms with van der Waals surface area (Å²) in [6.45, 7) is 1.59. The molecule has 10 heteroatoms. The Hall–Kier alpha value is -1.99. The lowest BCUT2D eigenvalue weighted by Crippen LogP contribution is -2.11. The molecule has 23 heavy (non-hydrogen) atoms. The largest absolute Gasteiger partial charge is 0.433 e. The van der Waals surface area contributed by atoms with Gasteiger partial charge in [0.2, 0.25) is 5.13 Å². The van der Waals surface area contributed by atoms with Crippen LogP contribution in [0.3, 0.4) is 0 Å². The molecule has 0 aliphatic heterocycles. The Morgan fingerprint density at radius 2 is 2.04 bits per heavy atom. The maximum absolute atomic E-state index is 12.7. The molecule has 0 aromatic carbocycles. The Morgan fingerprint density at radius 1 is 1.35 bits per heavy atom. The Morgan fingerprint density at radius 3 is 2.52 bits per heavy atom. The second-order valence-electron chi connectivity index (χ2n) is 4.69. The van der Waals surface area contributed by atoms with Crippen LogP contribution in [0.2, 0.25) is 0 Å². The average molecular weight is 360 g/mol. The van der Waals surface area contributed by atoms with Crippen molar-refractivity contribution in [3.8, 4) is 6.07 Å². The highest BCUT2D eigenvalue weighted by Gasteiger charge is 2.32. The van der Waals surface area contributed by atoms with Crippen molar-refractivity contribution in [3.05, 3.63) is 40.7 Å². The van der Waals surface area contributed by atoms with Crippen molar-refractivity contribution < 1.29 is 17.4 Å². The maximum atomic E-state index is 12.7. The van der Waals surface area contributed by atoms with Crippen LogP contribution in [0.5, 0.6) is 0 Å². The van der Waals surface area contributed by atoms with Crippen LogP contribution in [-0.4, -0.2) is 20.4 Å². The standard InChI is InChI=1S/C13H11F3N4OS2/c1-8(9-3-4-11(18-6-9)13(14,15)16)23(2,21)20-12-19-7-10(5-17)22-12/h3-4,6-8H,1-2H3. The Kier molecular flexibility index (Phi) is 4.72. The minimum absolute atomic E-state index is 0.195. The third-order valence-corrected chi connectivity index (χ3v) is 6.10. The molecule has 0 saturated heterocycles. The Bertz CT molecular complexity index is 859. The predicted molar refractivity (Wildman–Crippen MR) is 80.6 cm³/mol. The van der Waals surface area contributed by atoms with E-state index in [4.69, 9.17) is 5.26 Å². The van der Waals surface area contributed by atoms with Crippen LogP contribution >= 0.6 is 11.3 Å². The SMILES string of the molecule is CC(c1ccc(C(F)(F)F)nc1)S(C)(=O)=Nc1ncc(C#N)s1. The number of hydrogen-bond donors (Lipinski definition) is 0. The van der Waals surface area contributed by atoms with E-state index in [2.05, 4.69) is 14.3 Å². The Labute approximate surface area is 135 Å². The molecule has 0 radical (unpaired) electrons. The van der Waals surface area contributed by atoms with Gasteiger partial charge in [0.05, 0.1) is 21.2 Å². The summed E-state index contributed by atoms with van der Waals surface area (Å²) >= 11 is 0.996. The quantitative estimate of drug-likeness (QED) is 0.831. The fourth-order valence-corrected chi connectivity index (χ4v) is 3.86. The monoisotopic (exact) mass is 360 g/mol. The first-order valence-corrected chi connectivity index (χ1v) is 9.04. The van der Waals surface area contributed by atoms with Crippen LogP contribution in [0.4, 0.5) is 18.3 Å². The summed E-state index contributed by atoms with van der Waals surface area (Å²) < 4.78 is 54.3. The van der Waals surface area contributed by atoms with Gasteiger partial charge in [-0.2, -0.15) is 22.8 Å². The average Bonchev–Trinajstić information content (AvgIpc) is 2.92. The molecular weight excluding hydrogens is 349 g/mol. The third kappa shape index (κ3) is 4.05. The molecule has 0 aliphatic carbocycles. The zero-order valence-corrected chi connectivity index (χ0v) is 13.7. The van der Waals surface area contributed by atoms with E-state index in [1.54, 1.807) is 6.92 Å². The highest BCUT2D eigenvalue weighted by molar-refractivity contribution is 7.93. The number of hydrogen-bond acceptors (Lipinski definition) is 6. The summed E-state index contributed by atoms with van der Waals surface area (Å²) in [6, 6.07) is 3.98. The zero-order chi connectivity index (χ0) is 17.3. The van der Waals surface area contributed by atoms with Gasteiger partial charge in [-0.3, -0.25) is 4.98 Å². The van der Waals surface area contributed by atoms with Gasteiger partial charge in [-0.1, -0.05) is 17.4 Å². The zero-order valence-electron chi connectivity index (χ0n) is 12.0. The molecule has 2 heterocycles. The summed E-state index contributed by atoms with van der Waals surface area (Å²) in [7, 11) is -2.82. The topological polar surface area (TPSA) is 79.0 Å². The van der Waals surface area contributed by atoms with Gasteiger partial charge in [-0.25, -0.2) is 9.19 Å². The third-order valence-electron chi connectivity index (χ3n) is 3.07. The molecule has 0 fully saturated rings. The molecule has 0 N–H and O–H groups in total. The van der Waals surface area contributed by atoms with Crippen molar-refractivity contribution >= 4 is 26.2 Å². The molecule has 0 amide bonds. The van der Waals surface area contributed by atoms with E-state index in [9.17, 15) is 17.4 Å². The fraction of sp³-hybridized carbons (Fsp3) is 0.308. The summed E-state index contributed by atoms with van der Waals surface area (Å²) in [4.78, 5) is 7.58. The van der Waals surface area contributed by atoms with E-state index in [1.807, 2.05) is 6.07 Å². The summed E-state index contributed by atoms with van der Waals surface area (Å²) in [5.74, 6) is 0. The molecule has 0 bridgehead atoms. The van der Waals surface area contributed by atoms with Crippen LogP contribution in [0.25, 0.3) is 0 Å². The van der Waals surface area contributed by atoms with Gasteiger partial charge in [0.15, 0.2) is 0 Å². The number of halogens is 3. The van der Waals surface area contributed by atoms with Gasteiger partial charge in [-0.05, 0) is 18.6 Å². The minimum atomic E-state index is -4.52. The predicted octanol–water partition coefficient (Wildman–Crippen LogP) is 3.92. The number of nitrogens with zero attached hydrogens (tertiary/aromatic N) is 4. The number of pyridine rings is 1. The highest BCUT2D eigenvalue weighted by Crippen LogP contribution is 2.31. The second kappa shape index (κ2) is 6.25. The van der Waals surface area contributed by atoms with Crippen LogP contribution < -0.4 is 0 Å². The molecule has 5 nitrogen and oxygen atoms in total. The number of rotatable bonds is 3. The first-order chi connectivity index (χ1) is 10.6. The van der Waals surface area contributed by atoms with E-state index in [0.29, 0.717) is 10.4 Å². The lowest BCUT2D eigenvalue weighted by molar-refractivity contribution is -0.141. The smallest absolute Gasteiger partial charge is 0.251 e. The van der Waals surface area contributed by atoms with E-state index in [-0.39, 0.29) is 5.13 Å². The molecule has 0 saturated carbocycles. The van der Waals surface area contributed by atoms with Gasteiger partial charge in [0, 0.05) is 12.5 Å².